The van der Waals surface area contributed by atoms with E-state index in [1.165, 1.54) is 30.1 Å². The maximum atomic E-state index is 13.9. The number of rotatable bonds is 5. The smallest absolute Gasteiger partial charge is 0.280 e. The Bertz CT molecular complexity index is 1450. The highest BCUT2D eigenvalue weighted by atomic mass is 32.2. The molecule has 1 fully saturated rings. The first-order valence-corrected chi connectivity index (χ1v) is 12.3. The number of amides is 1. The molecule has 3 aromatic rings. The summed E-state index contributed by atoms with van der Waals surface area (Å²) < 4.78 is 8.07. The average molecular weight is 507 g/mol. The third-order valence-electron chi connectivity index (χ3n) is 7.03. The van der Waals surface area contributed by atoms with Gasteiger partial charge in [0.15, 0.2) is 0 Å². The Morgan fingerprint density at radius 1 is 1.22 bits per heavy atom. The van der Waals surface area contributed by atoms with Gasteiger partial charge in [0.05, 0.1) is 9.95 Å². The van der Waals surface area contributed by atoms with Gasteiger partial charge in [-0.2, -0.15) is 0 Å². The maximum Gasteiger partial charge on any atom is 0.280 e. The Labute approximate surface area is 209 Å². The first-order chi connectivity index (χ1) is 17.3. The molecule has 184 valence electrons. The SMILES string of the molecule is Cc1cc(SN2CCCC2)[nH]c1C(=O)NC12C(=O)c3cccc([N+](=O)[O-])c3C1(O)Oc1ccccc12. The molecule has 2 unspecified atom stereocenters. The van der Waals surface area contributed by atoms with E-state index in [-0.39, 0.29) is 28.1 Å². The summed E-state index contributed by atoms with van der Waals surface area (Å²) in [4.78, 5) is 41.9. The van der Waals surface area contributed by atoms with Crippen molar-refractivity contribution in [3.05, 3.63) is 86.6 Å². The number of hydrogen-bond donors (Lipinski definition) is 3. The monoisotopic (exact) mass is 506 g/mol. The van der Waals surface area contributed by atoms with Crippen LogP contribution in [0, 0.1) is 17.0 Å². The van der Waals surface area contributed by atoms with Crippen molar-refractivity contribution in [2.45, 2.75) is 36.1 Å². The zero-order valence-corrected chi connectivity index (χ0v) is 20.1. The van der Waals surface area contributed by atoms with Crippen LogP contribution in [-0.2, 0) is 11.3 Å². The molecule has 3 N–H and O–H groups in total. The summed E-state index contributed by atoms with van der Waals surface area (Å²) in [5.41, 5.74) is -1.79. The van der Waals surface area contributed by atoms with E-state index in [1.54, 1.807) is 31.2 Å². The summed E-state index contributed by atoms with van der Waals surface area (Å²) in [5, 5.41) is 27.3. The lowest BCUT2D eigenvalue weighted by molar-refractivity contribution is -0.388. The van der Waals surface area contributed by atoms with Crippen molar-refractivity contribution in [3.63, 3.8) is 0 Å². The van der Waals surface area contributed by atoms with Crippen LogP contribution in [0.4, 0.5) is 5.69 Å². The number of nitrogens with zero attached hydrogens (tertiary/aromatic N) is 2. The molecule has 0 saturated carbocycles. The molecular formula is C25H22N4O6S. The van der Waals surface area contributed by atoms with Gasteiger partial charge in [-0.25, -0.2) is 4.31 Å². The van der Waals surface area contributed by atoms with Crippen LogP contribution in [0.1, 0.15) is 50.4 Å². The number of aliphatic hydroxyl groups is 1. The molecule has 1 amide bonds. The summed E-state index contributed by atoms with van der Waals surface area (Å²) in [6.07, 6.45) is 2.24. The van der Waals surface area contributed by atoms with Gasteiger partial charge in [0.2, 0.25) is 11.3 Å². The van der Waals surface area contributed by atoms with Gasteiger partial charge in [0, 0.05) is 30.3 Å². The van der Waals surface area contributed by atoms with E-state index >= 15 is 0 Å². The van der Waals surface area contributed by atoms with Gasteiger partial charge in [-0.1, -0.05) is 30.3 Å². The average Bonchev–Trinajstić information content (AvgIpc) is 3.59. The summed E-state index contributed by atoms with van der Waals surface area (Å²) >= 11 is 1.53. The molecule has 11 heteroatoms. The van der Waals surface area contributed by atoms with Crippen molar-refractivity contribution in [2.24, 2.45) is 0 Å². The molecule has 1 saturated heterocycles. The second-order valence-electron chi connectivity index (χ2n) is 9.15. The van der Waals surface area contributed by atoms with Crippen LogP contribution < -0.4 is 10.1 Å². The molecule has 3 heterocycles. The predicted molar refractivity (Wildman–Crippen MR) is 130 cm³/mol. The number of nitro benzene ring substituents is 1. The molecule has 10 nitrogen and oxygen atoms in total. The highest BCUT2D eigenvalue weighted by Crippen LogP contribution is 2.59. The number of H-pyrrole nitrogens is 1. The van der Waals surface area contributed by atoms with Crippen LogP contribution in [0.3, 0.4) is 0 Å². The number of Topliss-reactive ketones (excluding diaryl/α,β-unsaturated/α-hetero) is 1. The van der Waals surface area contributed by atoms with Crippen LogP contribution in [-0.4, -0.2) is 44.1 Å². The van der Waals surface area contributed by atoms with E-state index in [2.05, 4.69) is 14.6 Å². The van der Waals surface area contributed by atoms with Gasteiger partial charge in [0.25, 0.3) is 17.4 Å². The topological polar surface area (TPSA) is 138 Å². The van der Waals surface area contributed by atoms with Gasteiger partial charge in [-0.3, -0.25) is 19.7 Å². The fourth-order valence-corrected chi connectivity index (χ4v) is 6.51. The van der Waals surface area contributed by atoms with Gasteiger partial charge >= 0.3 is 0 Å². The lowest BCUT2D eigenvalue weighted by atomic mass is 9.82. The molecule has 3 aliphatic rings. The van der Waals surface area contributed by atoms with Crippen molar-refractivity contribution < 1.29 is 24.4 Å². The first kappa shape index (κ1) is 22.8. The normalized spacial score (nSPS) is 24.2. The van der Waals surface area contributed by atoms with Gasteiger partial charge < -0.3 is 20.1 Å². The molecule has 2 atom stereocenters. The largest absolute Gasteiger partial charge is 0.454 e. The standard InChI is InChI=1S/C25H22N4O6S/c1-14-13-19(36-28-11-4-5-12-28)26-21(14)23(31)27-24-16-8-2-3-10-18(16)35-25(24,32)20-15(22(24)30)7-6-9-17(20)29(33)34/h2-3,6-10,13,26,32H,4-5,11-12H2,1H3,(H,27,31). The fraction of sp³-hybridized carbons (Fsp3) is 0.280. The predicted octanol–water partition coefficient (Wildman–Crippen LogP) is 3.39. The van der Waals surface area contributed by atoms with Crippen LogP contribution in [0.5, 0.6) is 5.75 Å². The van der Waals surface area contributed by atoms with Crippen LogP contribution in [0.2, 0.25) is 0 Å². The highest BCUT2D eigenvalue weighted by molar-refractivity contribution is 7.97. The molecule has 0 radical (unpaired) electrons. The lowest BCUT2D eigenvalue weighted by Gasteiger charge is -2.34. The summed E-state index contributed by atoms with van der Waals surface area (Å²) in [6, 6.07) is 12.2. The number of fused-ring (bicyclic) bond motifs is 5. The van der Waals surface area contributed by atoms with E-state index in [1.807, 2.05) is 6.07 Å². The lowest BCUT2D eigenvalue weighted by Crippen LogP contribution is -2.60. The number of hydrogen-bond acceptors (Lipinski definition) is 8. The van der Waals surface area contributed by atoms with Crippen molar-refractivity contribution in [1.29, 1.82) is 0 Å². The zero-order chi connectivity index (χ0) is 25.2. The minimum absolute atomic E-state index is 0.0741. The number of nitrogens with one attached hydrogen (secondary N) is 2. The van der Waals surface area contributed by atoms with Crippen molar-refractivity contribution in [2.75, 3.05) is 13.1 Å². The molecule has 36 heavy (non-hydrogen) atoms. The number of nitro groups is 1. The van der Waals surface area contributed by atoms with Gasteiger partial charge in [-0.15, -0.1) is 0 Å². The van der Waals surface area contributed by atoms with Gasteiger partial charge in [-0.05, 0) is 49.4 Å². The first-order valence-electron chi connectivity index (χ1n) is 11.5. The van der Waals surface area contributed by atoms with Crippen LogP contribution >= 0.6 is 11.9 Å². The number of ketones is 1. The third-order valence-corrected chi connectivity index (χ3v) is 8.07. The van der Waals surface area contributed by atoms with E-state index in [4.69, 9.17) is 4.74 Å². The molecule has 0 bridgehead atoms. The van der Waals surface area contributed by atoms with Crippen LogP contribution in [0.15, 0.2) is 53.6 Å². The van der Waals surface area contributed by atoms with E-state index in [0.29, 0.717) is 5.56 Å². The molecule has 1 aliphatic carbocycles. The highest BCUT2D eigenvalue weighted by Gasteiger charge is 2.73. The van der Waals surface area contributed by atoms with E-state index in [9.17, 15) is 24.8 Å². The summed E-state index contributed by atoms with van der Waals surface area (Å²) in [5.74, 6) is -3.66. The van der Waals surface area contributed by atoms with Crippen molar-refractivity contribution >= 4 is 29.3 Å². The zero-order valence-electron chi connectivity index (χ0n) is 19.2. The second-order valence-corrected chi connectivity index (χ2v) is 10.3. The number of carbonyl (C=O) groups is 2. The Balaban J connectivity index is 1.45. The number of aromatic nitrogens is 1. The van der Waals surface area contributed by atoms with Gasteiger partial charge in [0.1, 0.15) is 17.0 Å². The van der Waals surface area contributed by atoms with Crippen LogP contribution in [0.25, 0.3) is 0 Å². The fourth-order valence-electron chi connectivity index (χ4n) is 5.41. The van der Waals surface area contributed by atoms with E-state index < -0.39 is 33.6 Å². The molecule has 2 aliphatic heterocycles. The van der Waals surface area contributed by atoms with E-state index in [0.717, 1.165) is 31.0 Å². The molecule has 1 aromatic heterocycles. The molecule has 0 spiro atoms. The van der Waals surface area contributed by atoms with Crippen molar-refractivity contribution in [1.82, 2.24) is 14.6 Å². The molecular weight excluding hydrogens is 484 g/mol. The molecule has 6 rings (SSSR count). The Hall–Kier alpha value is -3.67. The quantitative estimate of drug-likeness (QED) is 0.272. The summed E-state index contributed by atoms with van der Waals surface area (Å²) in [6.45, 7) is 3.69. The third kappa shape index (κ3) is 3.00. The minimum atomic E-state index is -2.50. The van der Waals surface area contributed by atoms with Crippen molar-refractivity contribution in [3.8, 4) is 5.75 Å². The Morgan fingerprint density at radius 3 is 2.72 bits per heavy atom. The molecule has 2 aromatic carbocycles. The minimum Gasteiger partial charge on any atom is -0.454 e. The number of aromatic amines is 1. The Morgan fingerprint density at radius 2 is 1.97 bits per heavy atom. The summed E-state index contributed by atoms with van der Waals surface area (Å²) in [7, 11) is 0. The maximum absolute atomic E-state index is 13.9. The second kappa shape index (κ2) is 7.92. The number of aryl methyl sites for hydroxylation is 1. The number of para-hydroxylation sites is 1. The number of ether oxygens (including phenoxy) is 1. The number of benzene rings is 2. The number of carbonyl (C=O) groups excluding carboxylic acids is 2. The Kier molecular flexibility index (Phi) is 5.01.